The highest BCUT2D eigenvalue weighted by atomic mass is 19.3. The summed E-state index contributed by atoms with van der Waals surface area (Å²) in [5.74, 6) is -0.697. The van der Waals surface area contributed by atoms with Gasteiger partial charge in [0.15, 0.2) is 0 Å². The van der Waals surface area contributed by atoms with Crippen molar-refractivity contribution in [1.29, 1.82) is 0 Å². The van der Waals surface area contributed by atoms with Gasteiger partial charge >= 0.3 is 5.69 Å². The summed E-state index contributed by atoms with van der Waals surface area (Å²) in [5.41, 5.74) is 8.06. The average molecular weight is 443 g/mol. The van der Waals surface area contributed by atoms with Crippen LogP contribution in [-0.4, -0.2) is 26.8 Å². The summed E-state index contributed by atoms with van der Waals surface area (Å²) < 4.78 is 42.4. The summed E-state index contributed by atoms with van der Waals surface area (Å²) in [6, 6.07) is 8.16. The fraction of sp³-hybridized carbons (Fsp3) is 0.227. The van der Waals surface area contributed by atoms with Crippen molar-refractivity contribution in [3.63, 3.8) is 0 Å². The number of hydrogen-bond acceptors (Lipinski definition) is 4. The van der Waals surface area contributed by atoms with E-state index in [4.69, 9.17) is 5.73 Å². The van der Waals surface area contributed by atoms with Crippen LogP contribution in [0.4, 0.5) is 18.9 Å². The van der Waals surface area contributed by atoms with Gasteiger partial charge in [-0.15, -0.1) is 0 Å². The van der Waals surface area contributed by atoms with E-state index in [1.54, 1.807) is 6.07 Å². The molecule has 10 heteroatoms. The van der Waals surface area contributed by atoms with Crippen LogP contribution in [-0.2, 0) is 17.8 Å². The minimum Gasteiger partial charge on any atom is -0.327 e. The Kier molecular flexibility index (Phi) is 5.70. The number of carbonyl (C=O) groups excluding carboxylic acids is 1. The van der Waals surface area contributed by atoms with Gasteiger partial charge in [0.05, 0.1) is 12.2 Å². The molecule has 32 heavy (non-hydrogen) atoms. The standard InChI is InChI=1S/C22H20F3N5O2/c1-12-6-15(7-14-3-5-19(31)28-20(12)14)13-2-4-18(17(23)8-13)29-11-27-30(22(29)32)10-16(9-26)21(24)25/h2,4,6-8,11H,3,5,9-10,26H2,1H3,(H,28,31). The number of benzene rings is 2. The van der Waals surface area contributed by atoms with Gasteiger partial charge in [0.25, 0.3) is 6.08 Å². The highest BCUT2D eigenvalue weighted by Gasteiger charge is 2.19. The Bertz CT molecular complexity index is 1310. The second-order valence-corrected chi connectivity index (χ2v) is 7.55. The lowest BCUT2D eigenvalue weighted by Crippen LogP contribution is -2.26. The minimum atomic E-state index is -1.97. The molecular weight excluding hydrogens is 423 g/mol. The number of fused-ring (bicyclic) bond motifs is 1. The quantitative estimate of drug-likeness (QED) is 0.634. The molecule has 0 saturated heterocycles. The van der Waals surface area contributed by atoms with Crippen LogP contribution in [0.5, 0.6) is 0 Å². The fourth-order valence-corrected chi connectivity index (χ4v) is 3.73. The Morgan fingerprint density at radius 1 is 1.16 bits per heavy atom. The monoisotopic (exact) mass is 443 g/mol. The second kappa shape index (κ2) is 8.46. The molecule has 0 aliphatic carbocycles. The molecule has 0 bridgehead atoms. The lowest BCUT2D eigenvalue weighted by molar-refractivity contribution is -0.116. The van der Waals surface area contributed by atoms with Crippen molar-refractivity contribution < 1.29 is 18.0 Å². The van der Waals surface area contributed by atoms with Gasteiger partial charge in [0.1, 0.15) is 12.1 Å². The van der Waals surface area contributed by atoms with Gasteiger partial charge in [-0.1, -0.05) is 6.07 Å². The number of halogens is 3. The Hall–Kier alpha value is -3.66. The van der Waals surface area contributed by atoms with E-state index < -0.39 is 36.3 Å². The number of carbonyl (C=O) groups is 1. The highest BCUT2D eigenvalue weighted by molar-refractivity contribution is 5.95. The summed E-state index contributed by atoms with van der Waals surface area (Å²) >= 11 is 0. The van der Waals surface area contributed by atoms with E-state index in [1.807, 2.05) is 19.1 Å². The molecular formula is C22H20F3N5O2. The van der Waals surface area contributed by atoms with Gasteiger partial charge in [-0.3, -0.25) is 4.79 Å². The number of rotatable bonds is 5. The maximum absolute atomic E-state index is 15.0. The third-order valence-electron chi connectivity index (χ3n) is 5.43. The number of anilines is 1. The van der Waals surface area contributed by atoms with Crippen LogP contribution in [0.25, 0.3) is 16.8 Å². The zero-order chi connectivity index (χ0) is 23.0. The first-order valence-corrected chi connectivity index (χ1v) is 9.89. The Balaban J connectivity index is 1.67. The first-order chi connectivity index (χ1) is 15.3. The van der Waals surface area contributed by atoms with Crippen LogP contribution < -0.4 is 16.7 Å². The van der Waals surface area contributed by atoms with E-state index in [2.05, 4.69) is 10.4 Å². The van der Waals surface area contributed by atoms with E-state index >= 15 is 0 Å². The maximum atomic E-state index is 15.0. The average Bonchev–Trinajstić information content (AvgIpc) is 3.12. The molecule has 2 aromatic carbocycles. The number of amides is 1. The van der Waals surface area contributed by atoms with Crippen LogP contribution in [0, 0.1) is 12.7 Å². The largest absolute Gasteiger partial charge is 0.350 e. The Labute approximate surface area is 181 Å². The fourth-order valence-electron chi connectivity index (χ4n) is 3.73. The van der Waals surface area contributed by atoms with Gasteiger partial charge in [0, 0.05) is 24.2 Å². The lowest BCUT2D eigenvalue weighted by Gasteiger charge is -2.20. The molecule has 0 fully saturated rings. The number of nitrogens with zero attached hydrogens (tertiary/aromatic N) is 3. The Morgan fingerprint density at radius 2 is 1.94 bits per heavy atom. The topological polar surface area (TPSA) is 94.9 Å². The number of hydrogen-bond donors (Lipinski definition) is 2. The molecule has 1 amide bonds. The van der Waals surface area contributed by atoms with Gasteiger partial charge in [0.2, 0.25) is 5.91 Å². The minimum absolute atomic E-state index is 0.0296. The van der Waals surface area contributed by atoms with Crippen molar-refractivity contribution in [2.24, 2.45) is 5.73 Å². The molecule has 1 aliphatic heterocycles. The molecule has 0 spiro atoms. The van der Waals surface area contributed by atoms with Crippen LogP contribution in [0.1, 0.15) is 17.5 Å². The number of aromatic nitrogens is 3. The lowest BCUT2D eigenvalue weighted by atomic mass is 9.93. The maximum Gasteiger partial charge on any atom is 0.350 e. The van der Waals surface area contributed by atoms with Crippen molar-refractivity contribution in [3.05, 3.63) is 75.7 Å². The summed E-state index contributed by atoms with van der Waals surface area (Å²) in [5, 5.41) is 6.66. The van der Waals surface area contributed by atoms with Gasteiger partial charge in [-0.05, 0) is 59.9 Å². The number of nitrogens with two attached hydrogens (primary N) is 1. The molecule has 1 aliphatic rings. The summed E-state index contributed by atoms with van der Waals surface area (Å²) in [6.45, 7) is 0.973. The molecule has 1 aromatic heterocycles. The van der Waals surface area contributed by atoms with E-state index in [-0.39, 0.29) is 11.6 Å². The number of aryl methyl sites for hydroxylation is 2. The van der Waals surface area contributed by atoms with E-state index in [0.29, 0.717) is 18.4 Å². The molecule has 0 unspecified atom stereocenters. The van der Waals surface area contributed by atoms with Gasteiger partial charge in [-0.2, -0.15) is 13.9 Å². The van der Waals surface area contributed by atoms with Crippen LogP contribution >= 0.6 is 0 Å². The molecule has 0 atom stereocenters. The predicted molar refractivity (Wildman–Crippen MR) is 113 cm³/mol. The van der Waals surface area contributed by atoms with Crippen LogP contribution in [0.2, 0.25) is 0 Å². The second-order valence-electron chi connectivity index (χ2n) is 7.55. The summed E-state index contributed by atoms with van der Waals surface area (Å²) in [7, 11) is 0. The molecule has 7 nitrogen and oxygen atoms in total. The van der Waals surface area contributed by atoms with Crippen LogP contribution in [0.3, 0.4) is 0 Å². The first-order valence-electron chi connectivity index (χ1n) is 9.89. The van der Waals surface area contributed by atoms with Gasteiger partial charge in [-0.25, -0.2) is 18.4 Å². The van der Waals surface area contributed by atoms with Crippen LogP contribution in [0.15, 0.2) is 53.1 Å². The SMILES string of the molecule is Cc1cc(-c2ccc(-n3cnn(CC(CN)=C(F)F)c3=O)c(F)c2)cc2c1NC(=O)CC2. The van der Waals surface area contributed by atoms with Gasteiger partial charge < -0.3 is 11.1 Å². The summed E-state index contributed by atoms with van der Waals surface area (Å²) in [4.78, 5) is 24.2. The molecule has 3 N–H and O–H groups in total. The first kappa shape index (κ1) is 21.6. The third kappa shape index (κ3) is 3.96. The van der Waals surface area contributed by atoms with Crippen molar-refractivity contribution >= 4 is 11.6 Å². The molecule has 4 rings (SSSR count). The molecule has 3 aromatic rings. The third-order valence-corrected chi connectivity index (χ3v) is 5.43. The van der Waals surface area contributed by atoms with E-state index in [0.717, 1.165) is 38.0 Å². The predicted octanol–water partition coefficient (Wildman–Crippen LogP) is 3.14. The normalized spacial score (nSPS) is 13.0. The van der Waals surface area contributed by atoms with E-state index in [9.17, 15) is 22.8 Å². The zero-order valence-electron chi connectivity index (χ0n) is 17.2. The highest BCUT2D eigenvalue weighted by Crippen LogP contribution is 2.33. The van der Waals surface area contributed by atoms with Crippen molar-refractivity contribution in [3.8, 4) is 16.8 Å². The Morgan fingerprint density at radius 3 is 2.62 bits per heavy atom. The molecule has 0 radical (unpaired) electrons. The molecule has 0 saturated carbocycles. The van der Waals surface area contributed by atoms with Crippen molar-refractivity contribution in [2.45, 2.75) is 26.3 Å². The number of nitrogens with one attached hydrogen (secondary N) is 1. The molecule has 166 valence electrons. The smallest absolute Gasteiger partial charge is 0.327 e. The molecule has 2 heterocycles. The van der Waals surface area contributed by atoms with Crippen molar-refractivity contribution in [2.75, 3.05) is 11.9 Å². The van der Waals surface area contributed by atoms with E-state index in [1.165, 1.54) is 12.1 Å². The van der Waals surface area contributed by atoms with Crippen molar-refractivity contribution in [1.82, 2.24) is 14.3 Å². The summed E-state index contributed by atoms with van der Waals surface area (Å²) in [6.07, 6.45) is 0.105. The zero-order valence-corrected chi connectivity index (χ0v) is 17.2.